The summed E-state index contributed by atoms with van der Waals surface area (Å²) in [6, 6.07) is 15.1. The van der Waals surface area contributed by atoms with Crippen molar-refractivity contribution in [2.45, 2.75) is 46.8 Å². The van der Waals surface area contributed by atoms with Gasteiger partial charge in [0.1, 0.15) is 29.1 Å². The average Bonchev–Trinajstić information content (AvgIpc) is 3.30. The second kappa shape index (κ2) is 8.62. The van der Waals surface area contributed by atoms with Crippen LogP contribution in [0.1, 0.15) is 48.1 Å². The minimum atomic E-state index is -0.882. The van der Waals surface area contributed by atoms with Crippen molar-refractivity contribution in [3.05, 3.63) is 88.4 Å². The van der Waals surface area contributed by atoms with Crippen molar-refractivity contribution < 1.29 is 23.8 Å². The molecule has 1 N–H and O–H groups in total. The van der Waals surface area contributed by atoms with Crippen LogP contribution in [0.5, 0.6) is 5.75 Å². The number of hydrogen-bond acceptors (Lipinski definition) is 5. The molecule has 2 aromatic carbocycles. The van der Waals surface area contributed by atoms with E-state index in [4.69, 9.17) is 9.15 Å². The Hall–Kier alpha value is -3.80. The van der Waals surface area contributed by atoms with Gasteiger partial charge in [0.15, 0.2) is 0 Å². The molecule has 1 fully saturated rings. The van der Waals surface area contributed by atoms with E-state index in [-0.39, 0.29) is 17.4 Å². The van der Waals surface area contributed by atoms with Gasteiger partial charge in [-0.2, -0.15) is 0 Å². The van der Waals surface area contributed by atoms with E-state index in [1.54, 1.807) is 43.3 Å². The van der Waals surface area contributed by atoms with E-state index < -0.39 is 17.7 Å². The summed E-state index contributed by atoms with van der Waals surface area (Å²) in [5, 5.41) is 11.3. The summed E-state index contributed by atoms with van der Waals surface area (Å²) >= 11 is 0. The first-order valence-electron chi connectivity index (χ1n) is 10.9. The molecular weight excluding hydrogens is 418 g/mol. The minimum Gasteiger partial charge on any atom is -0.507 e. The van der Waals surface area contributed by atoms with Crippen LogP contribution in [-0.4, -0.2) is 22.9 Å². The fraction of sp³-hybridized carbons (Fsp3) is 0.259. The number of hydrogen-bond donors (Lipinski definition) is 1. The van der Waals surface area contributed by atoms with Crippen LogP contribution in [0.15, 0.2) is 64.6 Å². The van der Waals surface area contributed by atoms with Gasteiger partial charge >= 0.3 is 0 Å². The van der Waals surface area contributed by atoms with Gasteiger partial charge in [-0.1, -0.05) is 12.1 Å². The molecule has 1 aliphatic heterocycles. The van der Waals surface area contributed by atoms with Crippen molar-refractivity contribution in [3.8, 4) is 5.75 Å². The van der Waals surface area contributed by atoms with E-state index in [0.717, 1.165) is 11.1 Å². The van der Waals surface area contributed by atoms with Crippen LogP contribution < -0.4 is 9.64 Å². The van der Waals surface area contributed by atoms with Crippen molar-refractivity contribution >= 4 is 23.1 Å². The van der Waals surface area contributed by atoms with Crippen molar-refractivity contribution in [1.29, 1.82) is 0 Å². The van der Waals surface area contributed by atoms with Crippen LogP contribution in [0, 0.1) is 20.8 Å². The lowest BCUT2D eigenvalue weighted by Crippen LogP contribution is -2.29. The summed E-state index contributed by atoms with van der Waals surface area (Å²) < 4.78 is 11.6. The molecule has 0 aliphatic carbocycles. The average molecular weight is 446 g/mol. The first-order chi connectivity index (χ1) is 15.7. The summed E-state index contributed by atoms with van der Waals surface area (Å²) in [4.78, 5) is 27.8. The number of nitrogens with zero attached hydrogens (tertiary/aromatic N) is 1. The van der Waals surface area contributed by atoms with Crippen LogP contribution in [0.3, 0.4) is 0 Å². The molecule has 1 aromatic heterocycles. The SMILES string of the molecule is Cc1cccc(N2C(=O)C(=O)/C(=C(\O)c3ccc(OC(C)C)c(C)c3)C2c2ccc(C)o2)c1. The maximum atomic E-state index is 13.2. The van der Waals surface area contributed by atoms with Gasteiger partial charge in [-0.25, -0.2) is 0 Å². The van der Waals surface area contributed by atoms with Gasteiger partial charge < -0.3 is 14.3 Å². The van der Waals surface area contributed by atoms with Gasteiger partial charge in [-0.3, -0.25) is 14.5 Å². The molecule has 0 saturated carbocycles. The lowest BCUT2D eigenvalue weighted by molar-refractivity contribution is -0.132. The number of Topliss-reactive ketones (excluding diaryl/α,β-unsaturated/α-hetero) is 1. The summed E-state index contributed by atoms with van der Waals surface area (Å²) in [5.41, 5.74) is 2.74. The Kier molecular flexibility index (Phi) is 5.85. The van der Waals surface area contributed by atoms with Crippen LogP contribution in [-0.2, 0) is 9.59 Å². The molecule has 170 valence electrons. The van der Waals surface area contributed by atoms with E-state index in [0.29, 0.717) is 28.5 Å². The fourth-order valence-electron chi connectivity index (χ4n) is 4.08. The molecule has 1 saturated heterocycles. The third kappa shape index (κ3) is 4.16. The molecule has 0 bridgehead atoms. The van der Waals surface area contributed by atoms with Crippen molar-refractivity contribution in [1.82, 2.24) is 0 Å². The van der Waals surface area contributed by atoms with Crippen molar-refractivity contribution in [2.24, 2.45) is 0 Å². The normalized spacial score (nSPS) is 17.8. The number of carbonyl (C=O) groups is 2. The van der Waals surface area contributed by atoms with E-state index in [1.807, 2.05) is 45.9 Å². The predicted molar refractivity (Wildman–Crippen MR) is 126 cm³/mol. The third-order valence-electron chi connectivity index (χ3n) is 5.57. The van der Waals surface area contributed by atoms with Crippen LogP contribution >= 0.6 is 0 Å². The van der Waals surface area contributed by atoms with Gasteiger partial charge in [0.25, 0.3) is 11.7 Å². The van der Waals surface area contributed by atoms with Crippen molar-refractivity contribution in [2.75, 3.05) is 4.90 Å². The standard InChI is InChI=1S/C27H27NO5/c1-15(2)32-21-12-10-19(14-17(21)4)25(29)23-24(22-11-9-18(5)33-22)28(27(31)26(23)30)20-8-6-7-16(3)13-20/h6-15,24,29H,1-5H3/b25-23-. The maximum absolute atomic E-state index is 13.2. The second-order valence-corrected chi connectivity index (χ2v) is 8.60. The molecule has 0 spiro atoms. The van der Waals surface area contributed by atoms with E-state index in [9.17, 15) is 14.7 Å². The molecular formula is C27H27NO5. The zero-order valence-electron chi connectivity index (χ0n) is 19.4. The van der Waals surface area contributed by atoms with Gasteiger partial charge in [-0.05, 0) is 88.2 Å². The minimum absolute atomic E-state index is 0.00462. The summed E-state index contributed by atoms with van der Waals surface area (Å²) in [7, 11) is 0. The molecule has 0 radical (unpaired) electrons. The van der Waals surface area contributed by atoms with Crippen LogP contribution in [0.4, 0.5) is 5.69 Å². The molecule has 4 rings (SSSR count). The summed E-state index contributed by atoms with van der Waals surface area (Å²) in [6.45, 7) is 9.44. The van der Waals surface area contributed by atoms with Gasteiger partial charge in [-0.15, -0.1) is 0 Å². The Morgan fingerprint density at radius 1 is 1.03 bits per heavy atom. The molecule has 1 amide bonds. The molecule has 6 heteroatoms. The number of furan rings is 1. The van der Waals surface area contributed by atoms with Gasteiger partial charge in [0, 0.05) is 11.3 Å². The Labute approximate surface area is 193 Å². The summed E-state index contributed by atoms with van der Waals surface area (Å²) in [6.07, 6.45) is 0.00462. The first-order valence-corrected chi connectivity index (χ1v) is 10.9. The highest BCUT2D eigenvalue weighted by Crippen LogP contribution is 2.43. The molecule has 1 unspecified atom stereocenters. The lowest BCUT2D eigenvalue weighted by atomic mass is 9.98. The third-order valence-corrected chi connectivity index (χ3v) is 5.57. The Balaban J connectivity index is 1.88. The maximum Gasteiger partial charge on any atom is 0.300 e. The zero-order valence-corrected chi connectivity index (χ0v) is 19.4. The lowest BCUT2D eigenvalue weighted by Gasteiger charge is -2.23. The molecule has 33 heavy (non-hydrogen) atoms. The Bertz CT molecular complexity index is 1270. The quantitative estimate of drug-likeness (QED) is 0.313. The van der Waals surface area contributed by atoms with E-state index in [2.05, 4.69) is 0 Å². The number of aliphatic hydroxyl groups excluding tert-OH is 1. The van der Waals surface area contributed by atoms with E-state index >= 15 is 0 Å². The number of rotatable bonds is 5. The first kappa shape index (κ1) is 22.4. The smallest absolute Gasteiger partial charge is 0.300 e. The number of benzene rings is 2. The Morgan fingerprint density at radius 3 is 2.39 bits per heavy atom. The highest BCUT2D eigenvalue weighted by atomic mass is 16.5. The molecule has 1 aliphatic rings. The van der Waals surface area contributed by atoms with Crippen LogP contribution in [0.2, 0.25) is 0 Å². The van der Waals surface area contributed by atoms with Gasteiger partial charge in [0.2, 0.25) is 0 Å². The monoisotopic (exact) mass is 445 g/mol. The number of anilines is 1. The number of amides is 1. The molecule has 6 nitrogen and oxygen atoms in total. The van der Waals surface area contributed by atoms with Gasteiger partial charge in [0.05, 0.1) is 11.7 Å². The molecule has 2 heterocycles. The topological polar surface area (TPSA) is 80.0 Å². The summed E-state index contributed by atoms with van der Waals surface area (Å²) in [5.74, 6) is 0.0322. The number of carbonyl (C=O) groups excluding carboxylic acids is 2. The van der Waals surface area contributed by atoms with E-state index in [1.165, 1.54) is 4.90 Å². The number of ketones is 1. The number of aryl methyl sites for hydroxylation is 3. The number of aliphatic hydroxyl groups is 1. The number of ether oxygens (including phenoxy) is 1. The van der Waals surface area contributed by atoms with Crippen LogP contribution in [0.25, 0.3) is 5.76 Å². The van der Waals surface area contributed by atoms with Crippen molar-refractivity contribution in [3.63, 3.8) is 0 Å². The zero-order chi connectivity index (χ0) is 23.9. The highest BCUT2D eigenvalue weighted by Gasteiger charge is 2.48. The Morgan fingerprint density at radius 2 is 1.79 bits per heavy atom. The molecule has 1 atom stereocenters. The fourth-order valence-corrected chi connectivity index (χ4v) is 4.08. The highest BCUT2D eigenvalue weighted by molar-refractivity contribution is 6.51. The predicted octanol–water partition coefficient (Wildman–Crippen LogP) is 5.62. The largest absolute Gasteiger partial charge is 0.507 e. The second-order valence-electron chi connectivity index (χ2n) is 8.60. The molecule has 3 aromatic rings.